The smallest absolute Gasteiger partial charge is 0.313 e. The molecule has 0 saturated carbocycles. The van der Waals surface area contributed by atoms with E-state index in [0.29, 0.717) is 16.5 Å². The first kappa shape index (κ1) is 15.9. The van der Waals surface area contributed by atoms with E-state index in [1.165, 1.54) is 12.7 Å². The Bertz CT molecular complexity index is 611. The average molecular weight is 323 g/mol. The van der Waals surface area contributed by atoms with Crippen LogP contribution in [-0.2, 0) is 16.0 Å². The highest BCUT2D eigenvalue weighted by molar-refractivity contribution is 6.35. The number of esters is 1. The van der Waals surface area contributed by atoms with Gasteiger partial charge in [-0.3, -0.25) is 4.79 Å². The zero-order chi connectivity index (χ0) is 15.2. The molecule has 2 aromatic carbocycles. The molecule has 4 heteroatoms. The second kappa shape index (κ2) is 7.48. The molecule has 0 amide bonds. The van der Waals surface area contributed by atoms with E-state index in [-0.39, 0.29) is 11.9 Å². The Kier molecular flexibility index (Phi) is 5.66. The molecular formula is C17H16Cl2O2. The van der Waals surface area contributed by atoms with Crippen LogP contribution in [0.25, 0.3) is 0 Å². The highest BCUT2D eigenvalue weighted by Crippen LogP contribution is 2.31. The molecule has 0 spiro atoms. The van der Waals surface area contributed by atoms with Crippen molar-refractivity contribution >= 4 is 29.2 Å². The van der Waals surface area contributed by atoms with E-state index in [4.69, 9.17) is 27.9 Å². The molecule has 110 valence electrons. The lowest BCUT2D eigenvalue weighted by Crippen LogP contribution is -2.15. The second-order valence-corrected chi connectivity index (χ2v) is 5.61. The number of carbonyl (C=O) groups excluding carboxylic acids is 1. The molecule has 0 unspecified atom stereocenters. The normalized spacial score (nSPS) is 12.0. The van der Waals surface area contributed by atoms with Gasteiger partial charge in [-0.2, -0.15) is 0 Å². The predicted octanol–water partition coefficient (Wildman–Crippen LogP) is 4.88. The molecule has 0 aliphatic heterocycles. The first-order valence-electron chi connectivity index (χ1n) is 6.68. The topological polar surface area (TPSA) is 26.3 Å². The van der Waals surface area contributed by atoms with Gasteiger partial charge in [0, 0.05) is 10.0 Å². The zero-order valence-corrected chi connectivity index (χ0v) is 13.2. The lowest BCUT2D eigenvalue weighted by Gasteiger charge is -2.16. The number of ether oxygens (including phenoxy) is 1. The van der Waals surface area contributed by atoms with Crippen molar-refractivity contribution in [3.63, 3.8) is 0 Å². The molecular weight excluding hydrogens is 307 g/mol. The van der Waals surface area contributed by atoms with Crippen LogP contribution in [0.1, 0.15) is 23.5 Å². The molecule has 2 rings (SSSR count). The van der Waals surface area contributed by atoms with E-state index in [9.17, 15) is 4.79 Å². The van der Waals surface area contributed by atoms with Gasteiger partial charge in [-0.15, -0.1) is 0 Å². The minimum Gasteiger partial charge on any atom is -0.469 e. The van der Waals surface area contributed by atoms with Gasteiger partial charge in [0.25, 0.3) is 0 Å². The van der Waals surface area contributed by atoms with Crippen molar-refractivity contribution in [2.24, 2.45) is 0 Å². The maximum absolute atomic E-state index is 12.1. The van der Waals surface area contributed by atoms with E-state index in [0.717, 1.165) is 12.0 Å². The van der Waals surface area contributed by atoms with Crippen LogP contribution >= 0.6 is 23.2 Å². The predicted molar refractivity (Wildman–Crippen MR) is 86.0 cm³/mol. The number of methoxy groups -OCH3 is 1. The highest BCUT2D eigenvalue weighted by atomic mass is 35.5. The number of benzene rings is 2. The third-order valence-electron chi connectivity index (χ3n) is 3.39. The molecule has 0 saturated heterocycles. The number of aryl methyl sites for hydroxylation is 1. The maximum Gasteiger partial charge on any atom is 0.313 e. The standard InChI is InChI=1S/C17H16Cl2O2/c1-21-17(20)15(9-7-12-5-3-2-4-6-12)14-10-8-13(18)11-16(14)19/h2-6,8,10-11,15H,7,9H2,1H3/t15-/m1/s1. The number of hydrogen-bond donors (Lipinski definition) is 0. The van der Waals surface area contributed by atoms with Gasteiger partial charge in [0.05, 0.1) is 13.0 Å². The van der Waals surface area contributed by atoms with Crippen LogP contribution in [0, 0.1) is 0 Å². The zero-order valence-electron chi connectivity index (χ0n) is 11.7. The molecule has 0 heterocycles. The fraction of sp³-hybridized carbons (Fsp3) is 0.235. The molecule has 0 N–H and O–H groups in total. The van der Waals surface area contributed by atoms with Gasteiger partial charge in [-0.1, -0.05) is 59.6 Å². The lowest BCUT2D eigenvalue weighted by atomic mass is 9.92. The fourth-order valence-corrected chi connectivity index (χ4v) is 2.82. The lowest BCUT2D eigenvalue weighted by molar-refractivity contribution is -0.142. The van der Waals surface area contributed by atoms with Crippen LogP contribution < -0.4 is 0 Å². The molecule has 21 heavy (non-hydrogen) atoms. The Labute approximate surface area is 134 Å². The summed E-state index contributed by atoms with van der Waals surface area (Å²) in [4.78, 5) is 12.1. The highest BCUT2D eigenvalue weighted by Gasteiger charge is 2.23. The second-order valence-electron chi connectivity index (χ2n) is 4.77. The monoisotopic (exact) mass is 322 g/mol. The van der Waals surface area contributed by atoms with Crippen LogP contribution in [-0.4, -0.2) is 13.1 Å². The summed E-state index contributed by atoms with van der Waals surface area (Å²) in [6.45, 7) is 0. The van der Waals surface area contributed by atoms with Crippen molar-refractivity contribution in [1.29, 1.82) is 0 Å². The molecule has 2 aromatic rings. The number of rotatable bonds is 5. The van der Waals surface area contributed by atoms with Crippen LogP contribution in [0.3, 0.4) is 0 Å². The van der Waals surface area contributed by atoms with Crippen molar-refractivity contribution in [3.8, 4) is 0 Å². The van der Waals surface area contributed by atoms with E-state index >= 15 is 0 Å². The average Bonchev–Trinajstić information content (AvgIpc) is 2.50. The first-order chi connectivity index (χ1) is 10.1. The van der Waals surface area contributed by atoms with E-state index < -0.39 is 0 Å². The third-order valence-corrected chi connectivity index (χ3v) is 3.95. The summed E-state index contributed by atoms with van der Waals surface area (Å²) in [7, 11) is 1.39. The van der Waals surface area contributed by atoms with Gasteiger partial charge in [-0.05, 0) is 36.1 Å². The largest absolute Gasteiger partial charge is 0.469 e. The summed E-state index contributed by atoms with van der Waals surface area (Å²) in [5.41, 5.74) is 1.93. The third kappa shape index (κ3) is 4.23. The summed E-state index contributed by atoms with van der Waals surface area (Å²) in [5.74, 6) is -0.671. The van der Waals surface area contributed by atoms with Gasteiger partial charge in [0.15, 0.2) is 0 Å². The number of hydrogen-bond acceptors (Lipinski definition) is 2. The first-order valence-corrected chi connectivity index (χ1v) is 7.44. The summed E-state index contributed by atoms with van der Waals surface area (Å²) in [6.07, 6.45) is 1.41. The van der Waals surface area contributed by atoms with Gasteiger partial charge in [0.1, 0.15) is 0 Å². The van der Waals surface area contributed by atoms with Crippen molar-refractivity contribution < 1.29 is 9.53 Å². The Hall–Kier alpha value is -1.51. The summed E-state index contributed by atoms with van der Waals surface area (Å²) in [6, 6.07) is 15.2. The Morgan fingerprint density at radius 3 is 2.48 bits per heavy atom. The Morgan fingerprint density at radius 2 is 1.86 bits per heavy atom. The fourth-order valence-electron chi connectivity index (χ4n) is 2.28. The Morgan fingerprint density at radius 1 is 1.14 bits per heavy atom. The van der Waals surface area contributed by atoms with Crippen LogP contribution in [0.2, 0.25) is 10.0 Å². The van der Waals surface area contributed by atoms with Gasteiger partial charge >= 0.3 is 5.97 Å². The Balaban J connectivity index is 2.20. The quantitative estimate of drug-likeness (QED) is 0.733. The van der Waals surface area contributed by atoms with Gasteiger partial charge in [-0.25, -0.2) is 0 Å². The van der Waals surface area contributed by atoms with Crippen molar-refractivity contribution in [2.75, 3.05) is 7.11 Å². The minimum atomic E-state index is -0.389. The van der Waals surface area contributed by atoms with Gasteiger partial charge in [0.2, 0.25) is 0 Å². The molecule has 0 fully saturated rings. The van der Waals surface area contributed by atoms with Crippen LogP contribution in [0.4, 0.5) is 0 Å². The van der Waals surface area contributed by atoms with Crippen molar-refractivity contribution in [3.05, 3.63) is 69.7 Å². The molecule has 1 atom stereocenters. The molecule has 0 bridgehead atoms. The molecule has 0 aliphatic rings. The summed E-state index contributed by atoms with van der Waals surface area (Å²) >= 11 is 12.1. The SMILES string of the molecule is COC(=O)[C@H](CCc1ccccc1)c1ccc(Cl)cc1Cl. The number of carbonyl (C=O) groups is 1. The molecule has 0 aromatic heterocycles. The summed E-state index contributed by atoms with van der Waals surface area (Å²) < 4.78 is 4.91. The van der Waals surface area contributed by atoms with Gasteiger partial charge < -0.3 is 4.74 Å². The van der Waals surface area contributed by atoms with E-state index in [1.807, 2.05) is 30.3 Å². The van der Waals surface area contributed by atoms with Crippen molar-refractivity contribution in [2.45, 2.75) is 18.8 Å². The van der Waals surface area contributed by atoms with Crippen LogP contribution in [0.5, 0.6) is 0 Å². The molecule has 0 aliphatic carbocycles. The van der Waals surface area contributed by atoms with Crippen molar-refractivity contribution in [1.82, 2.24) is 0 Å². The van der Waals surface area contributed by atoms with Crippen LogP contribution in [0.15, 0.2) is 48.5 Å². The number of halogens is 2. The maximum atomic E-state index is 12.1. The summed E-state index contributed by atoms with van der Waals surface area (Å²) in [5, 5.41) is 1.04. The van der Waals surface area contributed by atoms with E-state index in [1.54, 1.807) is 18.2 Å². The molecule has 2 nitrogen and oxygen atoms in total. The molecule has 0 radical (unpaired) electrons. The van der Waals surface area contributed by atoms with E-state index in [2.05, 4.69) is 0 Å². The minimum absolute atomic E-state index is 0.282.